The van der Waals surface area contributed by atoms with E-state index in [-0.39, 0.29) is 35.7 Å². The Balaban J connectivity index is 0.00000400. The van der Waals surface area contributed by atoms with Gasteiger partial charge in [0.25, 0.3) is 0 Å². The van der Waals surface area contributed by atoms with Crippen molar-refractivity contribution in [3.05, 3.63) is 0 Å². The van der Waals surface area contributed by atoms with E-state index in [2.05, 4.69) is 19.2 Å². The average Bonchev–Trinajstić information content (AvgIpc) is 2.30. The van der Waals surface area contributed by atoms with Gasteiger partial charge < -0.3 is 16.0 Å². The molecule has 0 spiro atoms. The number of carbonyl (C=O) groups excluding carboxylic acids is 2. The van der Waals surface area contributed by atoms with Crippen molar-refractivity contribution in [2.75, 3.05) is 13.1 Å². The van der Waals surface area contributed by atoms with Gasteiger partial charge in [0.1, 0.15) is 6.04 Å². The fourth-order valence-corrected chi connectivity index (χ4v) is 2.31. The lowest BCUT2D eigenvalue weighted by Crippen LogP contribution is -2.58. The minimum Gasteiger partial charge on any atom is -0.344 e. The predicted molar refractivity (Wildman–Crippen MR) is 87.3 cm³/mol. The molecule has 1 rings (SSSR count). The number of carbonyl (C=O) groups is 2. The van der Waals surface area contributed by atoms with Gasteiger partial charge in [-0.15, -0.1) is 12.4 Å². The van der Waals surface area contributed by atoms with Crippen LogP contribution < -0.4 is 11.1 Å². The molecule has 3 N–H and O–H groups in total. The van der Waals surface area contributed by atoms with Crippen LogP contribution in [0.3, 0.4) is 0 Å². The van der Waals surface area contributed by atoms with Gasteiger partial charge in [-0.3, -0.25) is 9.59 Å². The van der Waals surface area contributed by atoms with E-state index in [1.807, 2.05) is 25.7 Å². The molecule has 0 aliphatic carbocycles. The molecule has 0 aromatic rings. The summed E-state index contributed by atoms with van der Waals surface area (Å²) in [5, 5.41) is 2.79. The highest BCUT2D eigenvalue weighted by Crippen LogP contribution is 2.28. The van der Waals surface area contributed by atoms with Gasteiger partial charge in [0.2, 0.25) is 11.8 Å². The highest BCUT2D eigenvalue weighted by molar-refractivity contribution is 5.89. The molecule has 2 amide bonds. The van der Waals surface area contributed by atoms with Gasteiger partial charge in [0.05, 0.1) is 0 Å². The van der Waals surface area contributed by atoms with E-state index >= 15 is 0 Å². The van der Waals surface area contributed by atoms with E-state index in [0.717, 1.165) is 6.42 Å². The summed E-state index contributed by atoms with van der Waals surface area (Å²) in [6.45, 7) is 12.7. The zero-order valence-electron chi connectivity index (χ0n) is 14.0. The fraction of sp³-hybridized carbons (Fsp3) is 0.867. The van der Waals surface area contributed by atoms with Crippen LogP contribution in [0.5, 0.6) is 0 Å². The van der Waals surface area contributed by atoms with Crippen LogP contribution in [-0.4, -0.2) is 41.9 Å². The smallest absolute Gasteiger partial charge is 0.244 e. The van der Waals surface area contributed by atoms with Crippen molar-refractivity contribution in [1.82, 2.24) is 10.2 Å². The molecule has 0 aromatic heterocycles. The first-order valence-electron chi connectivity index (χ1n) is 7.30. The maximum atomic E-state index is 12.4. The molecule has 2 atom stereocenters. The largest absolute Gasteiger partial charge is 0.344 e. The maximum Gasteiger partial charge on any atom is 0.244 e. The minimum atomic E-state index is -0.494. The van der Waals surface area contributed by atoms with Gasteiger partial charge >= 0.3 is 0 Å². The summed E-state index contributed by atoms with van der Waals surface area (Å²) in [6, 6.07) is -0.377. The second-order valence-corrected chi connectivity index (χ2v) is 7.59. The van der Waals surface area contributed by atoms with Crippen molar-refractivity contribution < 1.29 is 9.59 Å². The minimum absolute atomic E-state index is 0. The van der Waals surface area contributed by atoms with Crippen LogP contribution in [0.1, 0.15) is 48.0 Å². The van der Waals surface area contributed by atoms with Crippen molar-refractivity contribution in [2.24, 2.45) is 16.6 Å². The second kappa shape index (κ2) is 6.97. The van der Waals surface area contributed by atoms with Crippen LogP contribution in [-0.2, 0) is 9.59 Å². The Kier molecular flexibility index (Phi) is 6.70. The summed E-state index contributed by atoms with van der Waals surface area (Å²) in [5.41, 5.74) is 5.51. The predicted octanol–water partition coefficient (Wildman–Crippen LogP) is 1.54. The summed E-state index contributed by atoms with van der Waals surface area (Å²) in [4.78, 5) is 26.2. The van der Waals surface area contributed by atoms with Gasteiger partial charge in [-0.2, -0.15) is 0 Å². The number of nitrogens with one attached hydrogen (secondary N) is 1. The Morgan fingerprint density at radius 3 is 2.29 bits per heavy atom. The monoisotopic (exact) mass is 319 g/mol. The lowest BCUT2D eigenvalue weighted by molar-refractivity contribution is -0.140. The van der Waals surface area contributed by atoms with E-state index in [9.17, 15) is 9.59 Å². The molecule has 21 heavy (non-hydrogen) atoms. The van der Waals surface area contributed by atoms with E-state index in [1.54, 1.807) is 6.92 Å². The third kappa shape index (κ3) is 5.15. The Morgan fingerprint density at radius 1 is 1.33 bits per heavy atom. The van der Waals surface area contributed by atoms with Crippen molar-refractivity contribution in [2.45, 2.75) is 60.0 Å². The molecule has 0 bridgehead atoms. The molecule has 124 valence electrons. The number of halogens is 1. The fourth-order valence-electron chi connectivity index (χ4n) is 2.31. The topological polar surface area (TPSA) is 75.4 Å². The second-order valence-electron chi connectivity index (χ2n) is 7.59. The van der Waals surface area contributed by atoms with Gasteiger partial charge in [-0.05, 0) is 18.8 Å². The third-order valence-electron chi connectivity index (χ3n) is 4.02. The van der Waals surface area contributed by atoms with Crippen molar-refractivity contribution >= 4 is 24.2 Å². The van der Waals surface area contributed by atoms with E-state index in [0.29, 0.717) is 13.1 Å². The normalized spacial score (nSPS) is 23.0. The van der Waals surface area contributed by atoms with Gasteiger partial charge in [0.15, 0.2) is 0 Å². The zero-order chi connectivity index (χ0) is 15.7. The van der Waals surface area contributed by atoms with Crippen molar-refractivity contribution in [1.29, 1.82) is 0 Å². The number of nitrogens with zero attached hydrogens (tertiary/aromatic N) is 1. The Hall–Kier alpha value is -0.810. The highest BCUT2D eigenvalue weighted by atomic mass is 35.5. The Bertz CT molecular complexity index is 391. The molecule has 5 nitrogen and oxygen atoms in total. The lowest BCUT2D eigenvalue weighted by atomic mass is 9.79. The number of rotatable bonds is 2. The summed E-state index contributed by atoms with van der Waals surface area (Å²) in [6.07, 6.45) is 0.804. The number of hydrogen-bond acceptors (Lipinski definition) is 3. The molecule has 1 aliphatic rings. The molecular weight excluding hydrogens is 290 g/mol. The first kappa shape index (κ1) is 20.2. The number of amides is 2. The molecular formula is C15H30ClN3O2. The van der Waals surface area contributed by atoms with E-state index < -0.39 is 11.5 Å². The number of piperidine rings is 1. The van der Waals surface area contributed by atoms with Crippen LogP contribution >= 0.6 is 12.4 Å². The summed E-state index contributed by atoms with van der Waals surface area (Å²) >= 11 is 0. The molecule has 0 saturated carbocycles. The molecule has 1 heterocycles. The first-order valence-corrected chi connectivity index (χ1v) is 7.30. The van der Waals surface area contributed by atoms with Gasteiger partial charge in [0, 0.05) is 24.5 Å². The van der Waals surface area contributed by atoms with E-state index in [4.69, 9.17) is 5.73 Å². The summed E-state index contributed by atoms with van der Waals surface area (Å²) in [5.74, 6) is -0.131. The third-order valence-corrected chi connectivity index (χ3v) is 4.02. The zero-order valence-corrected chi connectivity index (χ0v) is 14.8. The van der Waals surface area contributed by atoms with E-state index in [1.165, 1.54) is 0 Å². The maximum absolute atomic E-state index is 12.4. The van der Waals surface area contributed by atoms with Crippen LogP contribution in [0.4, 0.5) is 0 Å². The van der Waals surface area contributed by atoms with Gasteiger partial charge in [-0.25, -0.2) is 0 Å². The Morgan fingerprint density at radius 2 is 1.86 bits per heavy atom. The molecule has 0 radical (unpaired) electrons. The molecule has 0 aromatic carbocycles. The number of hydrogen-bond donors (Lipinski definition) is 2. The van der Waals surface area contributed by atoms with Crippen LogP contribution in [0, 0.1) is 10.8 Å². The van der Waals surface area contributed by atoms with Crippen molar-refractivity contribution in [3.8, 4) is 0 Å². The molecule has 1 fully saturated rings. The highest BCUT2D eigenvalue weighted by Gasteiger charge is 2.37. The molecule has 1 aliphatic heterocycles. The van der Waals surface area contributed by atoms with Crippen LogP contribution in [0.15, 0.2) is 0 Å². The lowest BCUT2D eigenvalue weighted by Gasteiger charge is -2.43. The quantitative estimate of drug-likeness (QED) is 0.810. The summed E-state index contributed by atoms with van der Waals surface area (Å²) < 4.78 is 0. The molecule has 1 saturated heterocycles. The van der Waals surface area contributed by atoms with Crippen LogP contribution in [0.25, 0.3) is 0 Å². The Labute approximate surface area is 134 Å². The first-order chi connectivity index (χ1) is 8.95. The van der Waals surface area contributed by atoms with Gasteiger partial charge in [-0.1, -0.05) is 34.6 Å². The molecule has 6 heteroatoms. The standard InChI is InChI=1S/C15H29N3O2.ClH/c1-10(17-13(20)14(2,3)4)12(19)18-8-7-11(16)15(5,6)9-18;/h10-11H,7-9,16H2,1-6H3,(H,17,20);1H. The average molecular weight is 320 g/mol. The summed E-state index contributed by atoms with van der Waals surface area (Å²) in [7, 11) is 0. The molecule has 2 unspecified atom stereocenters. The SMILES string of the molecule is CC(NC(=O)C(C)(C)C)C(=O)N1CCC(N)C(C)(C)C1.Cl. The number of likely N-dealkylation sites (tertiary alicyclic amines) is 1. The number of nitrogens with two attached hydrogens (primary N) is 1. The van der Waals surface area contributed by atoms with Crippen molar-refractivity contribution in [3.63, 3.8) is 0 Å². The van der Waals surface area contributed by atoms with Crippen LogP contribution in [0.2, 0.25) is 0 Å².